The molecule has 2 aliphatic rings. The molecule has 1 N–H and O–H groups in total. The highest BCUT2D eigenvalue weighted by Crippen LogP contribution is 2.20. The molecule has 3 nitrogen and oxygen atoms in total. The minimum absolute atomic E-state index is 0.0188. The summed E-state index contributed by atoms with van der Waals surface area (Å²) in [5.74, 6) is 0.801. The number of hydrogen-bond donors (Lipinski definition) is 1. The van der Waals surface area contributed by atoms with Crippen LogP contribution in [-0.2, 0) is 9.53 Å². The molecule has 2 aliphatic heterocycles. The zero-order valence-electron chi connectivity index (χ0n) is 4.89. The van der Waals surface area contributed by atoms with Crippen molar-refractivity contribution < 1.29 is 9.53 Å². The van der Waals surface area contributed by atoms with E-state index in [9.17, 15) is 4.79 Å². The predicted octanol–water partition coefficient (Wildman–Crippen LogP) is -0.211. The van der Waals surface area contributed by atoms with Gasteiger partial charge in [-0.25, -0.2) is 0 Å². The van der Waals surface area contributed by atoms with Gasteiger partial charge in [0.2, 0.25) is 5.91 Å². The van der Waals surface area contributed by atoms with E-state index in [1.165, 1.54) is 6.08 Å². The van der Waals surface area contributed by atoms with Gasteiger partial charge in [0, 0.05) is 12.5 Å². The number of amides is 1. The maximum Gasteiger partial charge on any atom is 0.248 e. The Kier molecular flexibility index (Phi) is 0.806. The molecule has 48 valence electrons. The summed E-state index contributed by atoms with van der Waals surface area (Å²) in [5.41, 5.74) is 0. The van der Waals surface area contributed by atoms with E-state index in [2.05, 4.69) is 5.32 Å². The van der Waals surface area contributed by atoms with Gasteiger partial charge in [-0.2, -0.15) is 0 Å². The van der Waals surface area contributed by atoms with Crippen molar-refractivity contribution in [2.75, 3.05) is 6.61 Å². The third-order valence-corrected chi connectivity index (χ3v) is 1.61. The zero-order valence-corrected chi connectivity index (χ0v) is 4.89. The van der Waals surface area contributed by atoms with Gasteiger partial charge in [-0.15, -0.1) is 0 Å². The Morgan fingerprint density at radius 1 is 1.78 bits per heavy atom. The first kappa shape index (κ1) is 4.85. The lowest BCUT2D eigenvalue weighted by Crippen LogP contribution is -2.25. The second-order valence-corrected chi connectivity index (χ2v) is 2.25. The van der Waals surface area contributed by atoms with Gasteiger partial charge in [-0.3, -0.25) is 4.79 Å². The molecular weight excluding hydrogens is 118 g/mol. The van der Waals surface area contributed by atoms with Gasteiger partial charge in [0.05, 0.1) is 12.6 Å². The number of ether oxygens (including phenoxy) is 1. The molecular formula is C6H7NO2. The highest BCUT2D eigenvalue weighted by atomic mass is 16.5. The fourth-order valence-electron chi connectivity index (χ4n) is 1.17. The van der Waals surface area contributed by atoms with Crippen LogP contribution in [0.3, 0.4) is 0 Å². The van der Waals surface area contributed by atoms with Crippen molar-refractivity contribution in [3.05, 3.63) is 11.8 Å². The summed E-state index contributed by atoms with van der Waals surface area (Å²) >= 11 is 0. The molecule has 2 rings (SSSR count). The van der Waals surface area contributed by atoms with Crippen LogP contribution in [0.5, 0.6) is 0 Å². The van der Waals surface area contributed by atoms with E-state index in [-0.39, 0.29) is 11.9 Å². The first-order chi connectivity index (χ1) is 4.36. The van der Waals surface area contributed by atoms with Crippen molar-refractivity contribution in [1.29, 1.82) is 0 Å². The van der Waals surface area contributed by atoms with Gasteiger partial charge in [0.1, 0.15) is 5.76 Å². The van der Waals surface area contributed by atoms with Crippen LogP contribution in [0.25, 0.3) is 0 Å². The fourth-order valence-corrected chi connectivity index (χ4v) is 1.17. The first-order valence-electron chi connectivity index (χ1n) is 3.01. The zero-order chi connectivity index (χ0) is 6.27. The lowest BCUT2D eigenvalue weighted by molar-refractivity contribution is -0.116. The van der Waals surface area contributed by atoms with Crippen molar-refractivity contribution in [2.45, 2.75) is 12.5 Å². The normalized spacial score (nSPS) is 30.9. The number of carbonyl (C=O) groups is 1. The van der Waals surface area contributed by atoms with Crippen molar-refractivity contribution in [2.24, 2.45) is 0 Å². The Balaban J connectivity index is 2.27. The average Bonchev–Trinajstić information content (AvgIpc) is 2.22. The molecule has 1 saturated heterocycles. The molecule has 0 radical (unpaired) electrons. The topological polar surface area (TPSA) is 38.3 Å². The Hall–Kier alpha value is -0.990. The van der Waals surface area contributed by atoms with Gasteiger partial charge in [-0.1, -0.05) is 0 Å². The fraction of sp³-hybridized carbons (Fsp3) is 0.500. The van der Waals surface area contributed by atoms with Crippen LogP contribution in [0.4, 0.5) is 0 Å². The predicted molar refractivity (Wildman–Crippen MR) is 30.6 cm³/mol. The van der Waals surface area contributed by atoms with E-state index in [1.807, 2.05) is 0 Å². The smallest absolute Gasteiger partial charge is 0.248 e. The number of fused-ring (bicyclic) bond motifs is 1. The van der Waals surface area contributed by atoms with Crippen molar-refractivity contribution >= 4 is 5.91 Å². The monoisotopic (exact) mass is 125 g/mol. The molecule has 2 heterocycles. The molecule has 0 aromatic heterocycles. The molecule has 0 bridgehead atoms. The van der Waals surface area contributed by atoms with E-state index in [0.29, 0.717) is 0 Å². The van der Waals surface area contributed by atoms with E-state index in [1.54, 1.807) is 0 Å². The number of rotatable bonds is 0. The van der Waals surface area contributed by atoms with Crippen LogP contribution >= 0.6 is 0 Å². The van der Waals surface area contributed by atoms with Gasteiger partial charge in [-0.05, 0) is 0 Å². The number of nitrogens with one attached hydrogen (secondary N) is 1. The third-order valence-electron chi connectivity index (χ3n) is 1.61. The van der Waals surface area contributed by atoms with Crippen LogP contribution in [0, 0.1) is 0 Å². The van der Waals surface area contributed by atoms with Gasteiger partial charge >= 0.3 is 0 Å². The molecule has 1 amide bonds. The summed E-state index contributed by atoms with van der Waals surface area (Å²) < 4.78 is 5.13. The van der Waals surface area contributed by atoms with Crippen LogP contribution in [0.2, 0.25) is 0 Å². The minimum Gasteiger partial charge on any atom is -0.495 e. The highest BCUT2D eigenvalue weighted by molar-refractivity contribution is 5.91. The number of hydrogen-bond acceptors (Lipinski definition) is 2. The largest absolute Gasteiger partial charge is 0.495 e. The van der Waals surface area contributed by atoms with Crippen molar-refractivity contribution in [3.63, 3.8) is 0 Å². The molecule has 1 atom stereocenters. The van der Waals surface area contributed by atoms with Gasteiger partial charge in [0.15, 0.2) is 0 Å². The van der Waals surface area contributed by atoms with Crippen LogP contribution in [0.15, 0.2) is 11.8 Å². The summed E-state index contributed by atoms with van der Waals surface area (Å²) in [4.78, 5) is 10.6. The molecule has 0 aliphatic carbocycles. The maximum atomic E-state index is 10.6. The van der Waals surface area contributed by atoms with Crippen LogP contribution in [-0.4, -0.2) is 18.6 Å². The molecule has 1 fully saturated rings. The molecule has 0 unspecified atom stereocenters. The van der Waals surface area contributed by atoms with Crippen molar-refractivity contribution in [1.82, 2.24) is 5.32 Å². The molecule has 0 saturated carbocycles. The summed E-state index contributed by atoms with van der Waals surface area (Å²) in [5, 5.41) is 2.76. The molecule has 0 aromatic rings. The van der Waals surface area contributed by atoms with E-state index < -0.39 is 0 Å². The first-order valence-corrected chi connectivity index (χ1v) is 3.01. The maximum absolute atomic E-state index is 10.6. The molecule has 0 aromatic carbocycles. The quantitative estimate of drug-likeness (QED) is 0.486. The molecule has 3 heteroatoms. The standard InChI is InChI=1S/C6H7NO2/c8-6-3-5-4(7-6)1-2-9-5/h3-4H,1-2H2,(H,7,8)/t4-/m0/s1. The Morgan fingerprint density at radius 2 is 2.67 bits per heavy atom. The summed E-state index contributed by atoms with van der Waals surface area (Å²) in [6.07, 6.45) is 2.45. The summed E-state index contributed by atoms with van der Waals surface area (Å²) in [7, 11) is 0. The average molecular weight is 125 g/mol. The van der Waals surface area contributed by atoms with Gasteiger partial charge in [0.25, 0.3) is 0 Å². The number of carbonyl (C=O) groups excluding carboxylic acids is 1. The minimum atomic E-state index is -0.0188. The molecule has 0 spiro atoms. The van der Waals surface area contributed by atoms with Gasteiger partial charge < -0.3 is 10.1 Å². The third kappa shape index (κ3) is 0.608. The van der Waals surface area contributed by atoms with Crippen LogP contribution in [0.1, 0.15) is 6.42 Å². The Morgan fingerprint density at radius 3 is 3.44 bits per heavy atom. The van der Waals surface area contributed by atoms with E-state index in [4.69, 9.17) is 4.74 Å². The Bertz CT molecular complexity index is 185. The van der Waals surface area contributed by atoms with E-state index in [0.717, 1.165) is 18.8 Å². The second-order valence-electron chi connectivity index (χ2n) is 2.25. The molecule has 9 heavy (non-hydrogen) atoms. The van der Waals surface area contributed by atoms with Crippen molar-refractivity contribution in [3.8, 4) is 0 Å². The second kappa shape index (κ2) is 1.50. The summed E-state index contributed by atoms with van der Waals surface area (Å²) in [6, 6.07) is 0.192. The van der Waals surface area contributed by atoms with E-state index >= 15 is 0 Å². The summed E-state index contributed by atoms with van der Waals surface area (Å²) in [6.45, 7) is 0.747. The lowest BCUT2D eigenvalue weighted by Gasteiger charge is -1.99. The SMILES string of the molecule is O=C1C=C2OCC[C@@H]2N1. The van der Waals surface area contributed by atoms with Crippen LogP contribution < -0.4 is 5.32 Å². The Labute approximate surface area is 52.7 Å². The lowest BCUT2D eigenvalue weighted by atomic mass is 10.2. The highest BCUT2D eigenvalue weighted by Gasteiger charge is 2.29.